The van der Waals surface area contributed by atoms with Gasteiger partial charge in [0.1, 0.15) is 18.1 Å². The van der Waals surface area contributed by atoms with Gasteiger partial charge in [0, 0.05) is 23.1 Å². The minimum Gasteiger partial charge on any atom is -0.497 e. The highest BCUT2D eigenvalue weighted by Gasteiger charge is 2.13. The third kappa shape index (κ3) is 4.76. The molecule has 0 aliphatic heterocycles. The Morgan fingerprint density at radius 3 is 2.47 bits per heavy atom. The molecule has 0 spiro atoms. The van der Waals surface area contributed by atoms with Crippen molar-refractivity contribution in [3.8, 4) is 34.0 Å². The number of hydrogen-bond acceptors (Lipinski definition) is 4. The van der Waals surface area contributed by atoms with Crippen LogP contribution < -0.4 is 9.47 Å². The molecule has 0 saturated carbocycles. The van der Waals surface area contributed by atoms with Gasteiger partial charge in [0.2, 0.25) is 0 Å². The summed E-state index contributed by atoms with van der Waals surface area (Å²) in [5, 5.41) is 2.31. The van der Waals surface area contributed by atoms with Gasteiger partial charge in [-0.1, -0.05) is 35.9 Å². The standard InChI is InChI=1S/C28H30N2O2/c1-19-9-11-26-22(15-19)18-27(25-12-10-23(31-5)16-20(25)2)29-28(26)21-7-6-8-24(17-21)32-14-13-30(3)4/h6-12,15-18H,13-14H2,1-5H3. The normalized spacial score (nSPS) is 11.2. The highest BCUT2D eigenvalue weighted by molar-refractivity contribution is 5.97. The van der Waals surface area contributed by atoms with Crippen molar-refractivity contribution in [1.29, 1.82) is 0 Å². The zero-order chi connectivity index (χ0) is 22.7. The van der Waals surface area contributed by atoms with Gasteiger partial charge in [-0.25, -0.2) is 4.98 Å². The molecule has 0 atom stereocenters. The van der Waals surface area contributed by atoms with Crippen LogP contribution in [0.15, 0.2) is 66.7 Å². The summed E-state index contributed by atoms with van der Waals surface area (Å²) >= 11 is 0. The van der Waals surface area contributed by atoms with Crippen LogP contribution in [0.25, 0.3) is 33.3 Å². The van der Waals surface area contributed by atoms with Crippen molar-refractivity contribution in [1.82, 2.24) is 9.88 Å². The molecule has 1 aromatic heterocycles. The molecule has 4 heteroatoms. The number of rotatable bonds is 7. The molecule has 0 N–H and O–H groups in total. The summed E-state index contributed by atoms with van der Waals surface area (Å²) in [5.74, 6) is 1.71. The number of hydrogen-bond donors (Lipinski definition) is 0. The first-order valence-electron chi connectivity index (χ1n) is 10.9. The number of likely N-dealkylation sites (N-methyl/N-ethyl adjacent to an activating group) is 1. The summed E-state index contributed by atoms with van der Waals surface area (Å²) in [4.78, 5) is 7.25. The van der Waals surface area contributed by atoms with Crippen molar-refractivity contribution in [2.45, 2.75) is 13.8 Å². The number of aromatic nitrogens is 1. The Bertz CT molecular complexity index is 1250. The molecular formula is C28H30N2O2. The topological polar surface area (TPSA) is 34.6 Å². The van der Waals surface area contributed by atoms with Gasteiger partial charge in [0.15, 0.2) is 0 Å². The van der Waals surface area contributed by atoms with Crippen LogP contribution in [0.3, 0.4) is 0 Å². The Morgan fingerprint density at radius 1 is 0.875 bits per heavy atom. The van der Waals surface area contributed by atoms with Crippen LogP contribution in [0.2, 0.25) is 0 Å². The molecule has 0 radical (unpaired) electrons. The van der Waals surface area contributed by atoms with Gasteiger partial charge in [-0.15, -0.1) is 0 Å². The molecule has 0 aliphatic carbocycles. The Balaban J connectivity index is 1.82. The summed E-state index contributed by atoms with van der Waals surface area (Å²) in [5.41, 5.74) is 6.44. The molecule has 0 saturated heterocycles. The molecule has 0 fully saturated rings. The first kappa shape index (κ1) is 21.8. The largest absolute Gasteiger partial charge is 0.497 e. The Kier molecular flexibility index (Phi) is 6.42. The highest BCUT2D eigenvalue weighted by atomic mass is 16.5. The highest BCUT2D eigenvalue weighted by Crippen LogP contribution is 2.34. The first-order chi connectivity index (χ1) is 15.4. The van der Waals surface area contributed by atoms with E-state index in [4.69, 9.17) is 14.5 Å². The molecule has 0 unspecified atom stereocenters. The van der Waals surface area contributed by atoms with Crippen LogP contribution >= 0.6 is 0 Å². The van der Waals surface area contributed by atoms with Gasteiger partial charge in [0.25, 0.3) is 0 Å². The summed E-state index contributed by atoms with van der Waals surface area (Å²) in [6.07, 6.45) is 0. The van der Waals surface area contributed by atoms with E-state index in [-0.39, 0.29) is 0 Å². The minimum atomic E-state index is 0.648. The average molecular weight is 427 g/mol. The number of ether oxygens (including phenoxy) is 2. The summed E-state index contributed by atoms with van der Waals surface area (Å²) in [6.45, 7) is 5.74. The second-order valence-corrected chi connectivity index (χ2v) is 8.44. The fraction of sp³-hybridized carbons (Fsp3) is 0.250. The van der Waals surface area contributed by atoms with Crippen molar-refractivity contribution < 1.29 is 9.47 Å². The van der Waals surface area contributed by atoms with Crippen LogP contribution in [0.1, 0.15) is 11.1 Å². The molecule has 164 valence electrons. The zero-order valence-electron chi connectivity index (χ0n) is 19.5. The van der Waals surface area contributed by atoms with E-state index in [0.717, 1.165) is 51.5 Å². The van der Waals surface area contributed by atoms with Crippen LogP contribution in [-0.4, -0.2) is 44.2 Å². The second-order valence-electron chi connectivity index (χ2n) is 8.44. The van der Waals surface area contributed by atoms with E-state index >= 15 is 0 Å². The van der Waals surface area contributed by atoms with Gasteiger partial charge < -0.3 is 14.4 Å². The summed E-state index contributed by atoms with van der Waals surface area (Å²) in [6, 6.07) is 23.1. The quantitative estimate of drug-likeness (QED) is 0.356. The maximum atomic E-state index is 5.99. The average Bonchev–Trinajstić information content (AvgIpc) is 2.78. The zero-order valence-corrected chi connectivity index (χ0v) is 19.5. The molecule has 1 heterocycles. The second kappa shape index (κ2) is 9.41. The molecule has 32 heavy (non-hydrogen) atoms. The fourth-order valence-corrected chi connectivity index (χ4v) is 3.87. The van der Waals surface area contributed by atoms with E-state index in [0.29, 0.717) is 6.61 Å². The van der Waals surface area contributed by atoms with Crippen LogP contribution in [0.4, 0.5) is 0 Å². The van der Waals surface area contributed by atoms with Gasteiger partial charge in [-0.3, -0.25) is 0 Å². The molecular weight excluding hydrogens is 396 g/mol. The number of methoxy groups -OCH3 is 1. The van der Waals surface area contributed by atoms with Gasteiger partial charge in [-0.05, 0) is 75.3 Å². The maximum Gasteiger partial charge on any atom is 0.120 e. The van der Waals surface area contributed by atoms with Crippen LogP contribution in [-0.2, 0) is 0 Å². The predicted octanol–water partition coefficient (Wildman–Crippen LogP) is 6.13. The summed E-state index contributed by atoms with van der Waals surface area (Å²) < 4.78 is 11.4. The molecule has 3 aromatic carbocycles. The smallest absolute Gasteiger partial charge is 0.120 e. The molecule has 4 nitrogen and oxygen atoms in total. The molecule has 4 aromatic rings. The van der Waals surface area contributed by atoms with E-state index in [1.807, 2.05) is 32.3 Å². The van der Waals surface area contributed by atoms with Crippen molar-refractivity contribution in [2.24, 2.45) is 0 Å². The third-order valence-electron chi connectivity index (χ3n) is 5.61. The maximum absolute atomic E-state index is 5.99. The molecule has 0 bridgehead atoms. The monoisotopic (exact) mass is 426 g/mol. The van der Waals surface area contributed by atoms with E-state index < -0.39 is 0 Å². The van der Waals surface area contributed by atoms with E-state index in [1.165, 1.54) is 10.9 Å². The number of nitrogens with zero attached hydrogens (tertiary/aromatic N) is 2. The van der Waals surface area contributed by atoms with Crippen molar-refractivity contribution in [2.75, 3.05) is 34.4 Å². The van der Waals surface area contributed by atoms with Crippen molar-refractivity contribution in [3.63, 3.8) is 0 Å². The number of fused-ring (bicyclic) bond motifs is 1. The minimum absolute atomic E-state index is 0.648. The summed E-state index contributed by atoms with van der Waals surface area (Å²) in [7, 11) is 5.78. The lowest BCUT2D eigenvalue weighted by atomic mass is 9.98. The van der Waals surface area contributed by atoms with E-state index in [1.54, 1.807) is 7.11 Å². The number of aryl methyl sites for hydroxylation is 2. The Labute approximate surface area is 190 Å². The van der Waals surface area contributed by atoms with Gasteiger partial charge >= 0.3 is 0 Å². The Morgan fingerprint density at radius 2 is 1.72 bits per heavy atom. The van der Waals surface area contributed by atoms with Crippen LogP contribution in [0.5, 0.6) is 11.5 Å². The lowest BCUT2D eigenvalue weighted by Gasteiger charge is -2.14. The molecule has 4 rings (SSSR count). The van der Waals surface area contributed by atoms with E-state index in [9.17, 15) is 0 Å². The SMILES string of the molecule is COc1ccc(-c2cc3cc(C)ccc3c(-c3cccc(OCCN(C)C)c3)n2)c(C)c1. The Hall–Kier alpha value is -3.37. The van der Waals surface area contributed by atoms with Gasteiger partial charge in [0.05, 0.1) is 18.5 Å². The van der Waals surface area contributed by atoms with Crippen molar-refractivity contribution >= 4 is 10.8 Å². The van der Waals surface area contributed by atoms with Crippen molar-refractivity contribution in [3.05, 3.63) is 77.9 Å². The lowest BCUT2D eigenvalue weighted by Crippen LogP contribution is -2.19. The van der Waals surface area contributed by atoms with Gasteiger partial charge in [-0.2, -0.15) is 0 Å². The van der Waals surface area contributed by atoms with E-state index in [2.05, 4.69) is 67.3 Å². The lowest BCUT2D eigenvalue weighted by molar-refractivity contribution is 0.261. The number of benzene rings is 3. The third-order valence-corrected chi connectivity index (χ3v) is 5.61. The molecule has 0 amide bonds. The first-order valence-corrected chi connectivity index (χ1v) is 10.9. The molecule has 0 aliphatic rings. The number of pyridine rings is 1. The fourth-order valence-electron chi connectivity index (χ4n) is 3.87. The van der Waals surface area contributed by atoms with Crippen LogP contribution in [0, 0.1) is 13.8 Å². The predicted molar refractivity (Wildman–Crippen MR) is 133 cm³/mol.